The Bertz CT molecular complexity index is 733. The Balaban J connectivity index is 1.68. The molecule has 138 valence electrons. The average Bonchev–Trinajstić information content (AvgIpc) is 2.62. The first-order chi connectivity index (χ1) is 11.9. The maximum absolute atomic E-state index is 12.8. The zero-order valence-electron chi connectivity index (χ0n) is 14.9. The second kappa shape index (κ2) is 7.43. The Morgan fingerprint density at radius 3 is 2.72 bits per heavy atom. The fraction of sp³-hybridized carbons (Fsp3) is 0.611. The summed E-state index contributed by atoms with van der Waals surface area (Å²) in [6.45, 7) is 0.747. The van der Waals surface area contributed by atoms with E-state index in [4.69, 9.17) is 0 Å². The molecule has 2 atom stereocenters. The van der Waals surface area contributed by atoms with Crippen LogP contribution in [-0.2, 0) is 21.4 Å². The number of aryl methyl sites for hydroxylation is 1. The van der Waals surface area contributed by atoms with Gasteiger partial charge in [-0.25, -0.2) is 0 Å². The van der Waals surface area contributed by atoms with Crippen LogP contribution in [-0.4, -0.2) is 50.1 Å². The van der Waals surface area contributed by atoms with Crippen LogP contribution in [0.5, 0.6) is 0 Å². The molecule has 0 aromatic heterocycles. The highest BCUT2D eigenvalue weighted by atomic mass is 32.2. The van der Waals surface area contributed by atoms with E-state index in [2.05, 4.69) is 17.4 Å². The molecular weight excluding hydrogens is 338 g/mol. The van der Waals surface area contributed by atoms with Gasteiger partial charge < -0.3 is 5.32 Å². The van der Waals surface area contributed by atoms with Crippen molar-refractivity contribution >= 4 is 16.1 Å². The Morgan fingerprint density at radius 1 is 1.20 bits per heavy atom. The fourth-order valence-corrected chi connectivity index (χ4v) is 4.98. The van der Waals surface area contributed by atoms with Crippen LogP contribution < -0.4 is 5.32 Å². The molecule has 1 aliphatic carbocycles. The van der Waals surface area contributed by atoms with E-state index in [1.54, 1.807) is 0 Å². The molecule has 2 aliphatic rings. The van der Waals surface area contributed by atoms with Crippen LogP contribution in [0.4, 0.5) is 0 Å². The molecule has 1 N–H and O–H groups in total. The predicted molar refractivity (Wildman–Crippen MR) is 97.2 cm³/mol. The van der Waals surface area contributed by atoms with Gasteiger partial charge in [0.2, 0.25) is 5.91 Å². The van der Waals surface area contributed by atoms with Crippen LogP contribution in [0.3, 0.4) is 0 Å². The molecule has 1 aliphatic heterocycles. The molecule has 1 aromatic carbocycles. The highest BCUT2D eigenvalue weighted by molar-refractivity contribution is 7.86. The van der Waals surface area contributed by atoms with Crippen molar-refractivity contribution in [2.24, 2.45) is 5.92 Å². The van der Waals surface area contributed by atoms with Crippen LogP contribution in [0, 0.1) is 5.92 Å². The van der Waals surface area contributed by atoms with E-state index in [0.29, 0.717) is 13.0 Å². The number of benzene rings is 1. The normalized spacial score (nSPS) is 24.8. The molecule has 0 spiro atoms. The number of carbonyl (C=O) groups is 1. The van der Waals surface area contributed by atoms with Gasteiger partial charge in [-0.2, -0.15) is 17.0 Å². The number of hydrogen-bond acceptors (Lipinski definition) is 3. The molecule has 1 saturated heterocycles. The summed E-state index contributed by atoms with van der Waals surface area (Å²) in [4.78, 5) is 12.8. The van der Waals surface area contributed by atoms with Crippen molar-refractivity contribution in [1.29, 1.82) is 0 Å². The van der Waals surface area contributed by atoms with Crippen LogP contribution in [0.2, 0.25) is 0 Å². The first-order valence-electron chi connectivity index (χ1n) is 8.95. The van der Waals surface area contributed by atoms with Gasteiger partial charge in [-0.05, 0) is 43.2 Å². The lowest BCUT2D eigenvalue weighted by Gasteiger charge is -2.34. The number of nitrogens with one attached hydrogen (secondary N) is 1. The summed E-state index contributed by atoms with van der Waals surface area (Å²) in [6, 6.07) is 8.30. The van der Waals surface area contributed by atoms with E-state index in [1.807, 2.05) is 12.1 Å². The maximum atomic E-state index is 12.8. The van der Waals surface area contributed by atoms with Crippen molar-refractivity contribution in [3.05, 3.63) is 35.4 Å². The molecule has 7 heteroatoms. The van der Waals surface area contributed by atoms with Gasteiger partial charge in [0.25, 0.3) is 10.2 Å². The number of fused-ring (bicyclic) bond motifs is 1. The van der Waals surface area contributed by atoms with E-state index < -0.39 is 10.2 Å². The molecular formula is C18H27N3O3S. The highest BCUT2D eigenvalue weighted by Crippen LogP contribution is 2.30. The monoisotopic (exact) mass is 365 g/mol. The number of nitrogens with zero attached hydrogens (tertiary/aromatic N) is 2. The summed E-state index contributed by atoms with van der Waals surface area (Å²) in [6.07, 6.45) is 4.51. The minimum Gasteiger partial charge on any atom is -0.349 e. The largest absolute Gasteiger partial charge is 0.349 e. The topological polar surface area (TPSA) is 69.7 Å². The lowest BCUT2D eigenvalue weighted by molar-refractivity contribution is -0.127. The van der Waals surface area contributed by atoms with Crippen LogP contribution in [0.15, 0.2) is 24.3 Å². The smallest absolute Gasteiger partial charge is 0.281 e. The lowest BCUT2D eigenvalue weighted by Crippen LogP contribution is -2.49. The van der Waals surface area contributed by atoms with Gasteiger partial charge in [0.1, 0.15) is 0 Å². The van der Waals surface area contributed by atoms with Gasteiger partial charge in [0, 0.05) is 27.2 Å². The number of hydrogen-bond donors (Lipinski definition) is 1. The minimum absolute atomic E-state index is 0.0274. The molecule has 0 radical (unpaired) electrons. The van der Waals surface area contributed by atoms with Crippen molar-refractivity contribution in [1.82, 2.24) is 13.9 Å². The average molecular weight is 365 g/mol. The summed E-state index contributed by atoms with van der Waals surface area (Å²) in [5, 5.41) is 3.17. The molecule has 1 amide bonds. The van der Waals surface area contributed by atoms with E-state index >= 15 is 0 Å². The van der Waals surface area contributed by atoms with Crippen LogP contribution in [0.25, 0.3) is 0 Å². The van der Waals surface area contributed by atoms with Gasteiger partial charge in [0.05, 0.1) is 12.0 Å². The summed E-state index contributed by atoms with van der Waals surface area (Å²) < 4.78 is 27.3. The van der Waals surface area contributed by atoms with E-state index in [9.17, 15) is 13.2 Å². The third-order valence-electron chi connectivity index (χ3n) is 5.23. The molecule has 1 aromatic rings. The van der Waals surface area contributed by atoms with Crippen LogP contribution in [0.1, 0.15) is 42.9 Å². The maximum Gasteiger partial charge on any atom is 0.281 e. The minimum atomic E-state index is -3.46. The Hall–Kier alpha value is -1.44. The Kier molecular flexibility index (Phi) is 5.46. The van der Waals surface area contributed by atoms with Crippen molar-refractivity contribution in [3.8, 4) is 0 Å². The SMILES string of the molecule is CN(C)S(=O)(=O)N1CCC[C@@H](C(=O)N[C@@H]2CCCc3ccccc32)C1. The molecule has 1 heterocycles. The third kappa shape index (κ3) is 3.88. The molecule has 1 fully saturated rings. The van der Waals surface area contributed by atoms with Gasteiger partial charge in [-0.1, -0.05) is 24.3 Å². The zero-order valence-corrected chi connectivity index (χ0v) is 15.8. The predicted octanol–water partition coefficient (Wildman–Crippen LogP) is 1.70. The summed E-state index contributed by atoms with van der Waals surface area (Å²) in [5.74, 6) is -0.307. The summed E-state index contributed by atoms with van der Waals surface area (Å²) in [5.41, 5.74) is 2.51. The fourth-order valence-electron chi connectivity index (χ4n) is 3.79. The van der Waals surface area contributed by atoms with Gasteiger partial charge in [-0.3, -0.25) is 4.79 Å². The van der Waals surface area contributed by atoms with Crippen molar-refractivity contribution in [2.75, 3.05) is 27.2 Å². The van der Waals surface area contributed by atoms with E-state index in [-0.39, 0.29) is 24.4 Å². The summed E-state index contributed by atoms with van der Waals surface area (Å²) >= 11 is 0. The number of amides is 1. The number of rotatable bonds is 4. The molecule has 25 heavy (non-hydrogen) atoms. The van der Waals surface area contributed by atoms with E-state index in [0.717, 1.165) is 25.7 Å². The molecule has 0 unspecified atom stereocenters. The van der Waals surface area contributed by atoms with E-state index in [1.165, 1.54) is 33.8 Å². The zero-order chi connectivity index (χ0) is 18.0. The lowest BCUT2D eigenvalue weighted by atomic mass is 9.87. The second-order valence-electron chi connectivity index (χ2n) is 7.14. The van der Waals surface area contributed by atoms with Crippen molar-refractivity contribution < 1.29 is 13.2 Å². The van der Waals surface area contributed by atoms with Crippen molar-refractivity contribution in [2.45, 2.75) is 38.1 Å². The molecule has 6 nitrogen and oxygen atoms in total. The third-order valence-corrected chi connectivity index (χ3v) is 7.14. The quantitative estimate of drug-likeness (QED) is 0.883. The number of carbonyl (C=O) groups excluding carboxylic acids is 1. The second-order valence-corrected chi connectivity index (χ2v) is 9.28. The first-order valence-corrected chi connectivity index (χ1v) is 10.3. The van der Waals surface area contributed by atoms with Crippen LogP contribution >= 0.6 is 0 Å². The first kappa shape index (κ1) is 18.4. The van der Waals surface area contributed by atoms with Gasteiger partial charge in [0.15, 0.2) is 0 Å². The summed E-state index contributed by atoms with van der Waals surface area (Å²) in [7, 11) is -0.410. The highest BCUT2D eigenvalue weighted by Gasteiger charge is 2.34. The molecule has 0 bridgehead atoms. The standard InChI is InChI=1S/C18H27N3O3S/c1-20(2)25(23,24)21-12-6-9-15(13-21)18(22)19-17-11-5-8-14-7-3-4-10-16(14)17/h3-4,7,10,15,17H,5-6,8-9,11-13H2,1-2H3,(H,19,22)/t15-,17-/m1/s1. The van der Waals surface area contributed by atoms with Gasteiger partial charge in [-0.15, -0.1) is 0 Å². The van der Waals surface area contributed by atoms with Crippen molar-refractivity contribution in [3.63, 3.8) is 0 Å². The molecule has 3 rings (SSSR count). The Morgan fingerprint density at radius 2 is 1.96 bits per heavy atom. The number of piperidine rings is 1. The Labute approximate surface area is 150 Å². The van der Waals surface area contributed by atoms with Gasteiger partial charge >= 0.3 is 0 Å². The molecule has 0 saturated carbocycles.